The smallest absolute Gasteiger partial charge is 0.243 e. The highest BCUT2D eigenvalue weighted by molar-refractivity contribution is 5.91. The molecule has 0 radical (unpaired) electrons. The van der Waals surface area contributed by atoms with E-state index in [0.717, 1.165) is 28.2 Å². The van der Waals surface area contributed by atoms with Crippen molar-refractivity contribution in [2.45, 2.75) is 19.4 Å². The minimum Gasteiger partial charge on any atom is -0.497 e. The van der Waals surface area contributed by atoms with Gasteiger partial charge in [0.2, 0.25) is 5.91 Å². The van der Waals surface area contributed by atoms with Crippen molar-refractivity contribution in [1.82, 2.24) is 20.8 Å². The van der Waals surface area contributed by atoms with Gasteiger partial charge in [-0.15, -0.1) is 0 Å². The van der Waals surface area contributed by atoms with E-state index in [9.17, 15) is 4.79 Å². The van der Waals surface area contributed by atoms with Crippen molar-refractivity contribution in [1.29, 1.82) is 0 Å². The van der Waals surface area contributed by atoms with Gasteiger partial charge in [0.05, 0.1) is 19.2 Å². The molecule has 1 heterocycles. The Balaban J connectivity index is 1.79. The first-order valence-corrected chi connectivity index (χ1v) is 9.39. The van der Waals surface area contributed by atoms with E-state index in [1.54, 1.807) is 12.6 Å². The first kappa shape index (κ1) is 20.5. The number of ether oxygens (including phenoxy) is 1. The molecular formula is C21H25N5O3. The number of aromatic nitrogens is 2. The zero-order chi connectivity index (χ0) is 20.6. The number of para-hydroxylation sites is 1. The van der Waals surface area contributed by atoms with Gasteiger partial charge in [0.1, 0.15) is 17.4 Å². The lowest BCUT2D eigenvalue weighted by atomic mass is 10.2. The minimum atomic E-state index is -0.392. The molecule has 1 aromatic heterocycles. The molecule has 152 valence electrons. The lowest BCUT2D eigenvalue weighted by Gasteiger charge is -2.21. The van der Waals surface area contributed by atoms with Crippen LogP contribution in [0.1, 0.15) is 18.7 Å². The predicted molar refractivity (Wildman–Crippen MR) is 111 cm³/mol. The molecule has 3 aromatic rings. The van der Waals surface area contributed by atoms with Crippen LogP contribution in [0, 0.1) is 0 Å². The van der Waals surface area contributed by atoms with Gasteiger partial charge in [0.25, 0.3) is 0 Å². The normalized spacial score (nSPS) is 10.7. The fourth-order valence-corrected chi connectivity index (χ4v) is 3.00. The molecular weight excluding hydrogens is 370 g/mol. The van der Waals surface area contributed by atoms with Crippen molar-refractivity contribution in [2.24, 2.45) is 0 Å². The first-order valence-electron chi connectivity index (χ1n) is 9.39. The number of hydrogen-bond acceptors (Lipinski definition) is 7. The Bertz CT molecular complexity index is 962. The van der Waals surface area contributed by atoms with E-state index in [4.69, 9.17) is 14.9 Å². The summed E-state index contributed by atoms with van der Waals surface area (Å²) in [4.78, 5) is 22.5. The van der Waals surface area contributed by atoms with Crippen LogP contribution in [-0.4, -0.2) is 41.8 Å². The highest BCUT2D eigenvalue weighted by Crippen LogP contribution is 2.29. The number of anilines is 2. The highest BCUT2D eigenvalue weighted by atomic mass is 16.5. The average molecular weight is 395 g/mol. The van der Waals surface area contributed by atoms with Crippen LogP contribution in [-0.2, 0) is 11.3 Å². The predicted octanol–water partition coefficient (Wildman–Crippen LogP) is 2.78. The third-order valence-electron chi connectivity index (χ3n) is 4.57. The van der Waals surface area contributed by atoms with Crippen molar-refractivity contribution in [2.75, 3.05) is 25.6 Å². The van der Waals surface area contributed by atoms with Crippen LogP contribution in [0.4, 0.5) is 11.5 Å². The standard InChI is InChI=1S/C21H25N5O3/c1-26(15-9-11-16(29-2)12-10-15)21-17-6-3-4-7-18(17)23-19(24-21)14-22-13-5-8-20(27)25-28/h3-4,6-7,9-12,22,28H,5,8,13-14H2,1-2H3,(H,25,27). The molecule has 0 unspecified atom stereocenters. The molecule has 0 spiro atoms. The maximum atomic E-state index is 11.1. The number of rotatable bonds is 9. The highest BCUT2D eigenvalue weighted by Gasteiger charge is 2.13. The molecule has 0 saturated heterocycles. The van der Waals surface area contributed by atoms with Crippen molar-refractivity contribution in [3.05, 3.63) is 54.4 Å². The van der Waals surface area contributed by atoms with E-state index in [0.29, 0.717) is 25.3 Å². The van der Waals surface area contributed by atoms with Crippen LogP contribution >= 0.6 is 0 Å². The van der Waals surface area contributed by atoms with Gasteiger partial charge in [-0.1, -0.05) is 12.1 Å². The Morgan fingerprint density at radius 2 is 1.90 bits per heavy atom. The number of nitrogens with one attached hydrogen (secondary N) is 2. The van der Waals surface area contributed by atoms with Gasteiger partial charge < -0.3 is 15.0 Å². The fraction of sp³-hybridized carbons (Fsp3) is 0.286. The SMILES string of the molecule is COc1ccc(N(C)c2nc(CNCCCC(=O)NO)nc3ccccc23)cc1. The van der Waals surface area contributed by atoms with E-state index >= 15 is 0 Å². The van der Waals surface area contributed by atoms with Crippen LogP contribution in [0.3, 0.4) is 0 Å². The van der Waals surface area contributed by atoms with Crippen molar-refractivity contribution in [3.63, 3.8) is 0 Å². The van der Waals surface area contributed by atoms with Crippen molar-refractivity contribution in [3.8, 4) is 5.75 Å². The van der Waals surface area contributed by atoms with Gasteiger partial charge in [-0.05, 0) is 49.4 Å². The molecule has 3 N–H and O–H groups in total. The molecule has 0 fully saturated rings. The zero-order valence-corrected chi connectivity index (χ0v) is 16.6. The molecule has 1 amide bonds. The third-order valence-corrected chi connectivity index (χ3v) is 4.57. The fourth-order valence-electron chi connectivity index (χ4n) is 3.00. The maximum Gasteiger partial charge on any atom is 0.243 e. The van der Waals surface area contributed by atoms with E-state index in [-0.39, 0.29) is 6.42 Å². The molecule has 2 aromatic carbocycles. The maximum absolute atomic E-state index is 11.1. The van der Waals surface area contributed by atoms with Gasteiger partial charge in [0, 0.05) is 24.5 Å². The number of methoxy groups -OCH3 is 1. The van der Waals surface area contributed by atoms with Crippen molar-refractivity contribution < 1.29 is 14.7 Å². The Kier molecular flexibility index (Phi) is 6.94. The number of carbonyl (C=O) groups excluding carboxylic acids is 1. The second-order valence-electron chi connectivity index (χ2n) is 6.55. The Morgan fingerprint density at radius 3 is 2.62 bits per heavy atom. The van der Waals surface area contributed by atoms with Crippen LogP contribution in [0.15, 0.2) is 48.5 Å². The van der Waals surface area contributed by atoms with Gasteiger partial charge in [-0.3, -0.25) is 10.0 Å². The van der Waals surface area contributed by atoms with Gasteiger partial charge in [0.15, 0.2) is 0 Å². The molecule has 0 saturated carbocycles. The van der Waals surface area contributed by atoms with Crippen LogP contribution in [0.25, 0.3) is 10.9 Å². The summed E-state index contributed by atoms with van der Waals surface area (Å²) in [7, 11) is 3.62. The Labute approximate surface area is 169 Å². The monoisotopic (exact) mass is 395 g/mol. The topological polar surface area (TPSA) is 99.6 Å². The summed E-state index contributed by atoms with van der Waals surface area (Å²) in [6.07, 6.45) is 0.867. The van der Waals surface area contributed by atoms with Gasteiger partial charge in [-0.2, -0.15) is 0 Å². The molecule has 8 heteroatoms. The number of carbonyl (C=O) groups is 1. The van der Waals surface area contributed by atoms with Gasteiger partial charge in [-0.25, -0.2) is 15.4 Å². The number of amides is 1. The molecule has 0 aliphatic rings. The van der Waals surface area contributed by atoms with E-state index in [2.05, 4.69) is 10.3 Å². The first-order chi connectivity index (χ1) is 14.1. The van der Waals surface area contributed by atoms with Crippen LogP contribution in [0.2, 0.25) is 0 Å². The van der Waals surface area contributed by atoms with E-state index in [1.807, 2.05) is 60.5 Å². The zero-order valence-electron chi connectivity index (χ0n) is 16.6. The number of fused-ring (bicyclic) bond motifs is 1. The second-order valence-corrected chi connectivity index (χ2v) is 6.55. The number of hydroxylamine groups is 1. The largest absolute Gasteiger partial charge is 0.497 e. The minimum absolute atomic E-state index is 0.257. The molecule has 0 bridgehead atoms. The molecule has 0 atom stereocenters. The lowest BCUT2D eigenvalue weighted by molar-refractivity contribution is -0.129. The summed E-state index contributed by atoms with van der Waals surface area (Å²) < 4.78 is 5.24. The second kappa shape index (κ2) is 9.81. The van der Waals surface area contributed by atoms with Crippen LogP contribution < -0.4 is 20.4 Å². The summed E-state index contributed by atoms with van der Waals surface area (Å²) >= 11 is 0. The Morgan fingerprint density at radius 1 is 1.14 bits per heavy atom. The molecule has 3 rings (SSSR count). The number of hydrogen-bond donors (Lipinski definition) is 3. The third kappa shape index (κ3) is 5.18. The van der Waals surface area contributed by atoms with Crippen molar-refractivity contribution >= 4 is 28.3 Å². The van der Waals surface area contributed by atoms with Crippen LogP contribution in [0.5, 0.6) is 5.75 Å². The summed E-state index contributed by atoms with van der Waals surface area (Å²) in [6, 6.07) is 15.7. The molecule has 0 aliphatic carbocycles. The Hall–Kier alpha value is -3.23. The molecule has 8 nitrogen and oxygen atoms in total. The lowest BCUT2D eigenvalue weighted by Crippen LogP contribution is -2.22. The summed E-state index contributed by atoms with van der Waals surface area (Å²) in [5, 5.41) is 12.7. The summed E-state index contributed by atoms with van der Waals surface area (Å²) in [5.41, 5.74) is 3.49. The quantitative estimate of drug-likeness (QED) is 0.291. The summed E-state index contributed by atoms with van der Waals surface area (Å²) in [6.45, 7) is 1.10. The van der Waals surface area contributed by atoms with Gasteiger partial charge >= 0.3 is 0 Å². The van der Waals surface area contributed by atoms with E-state index in [1.165, 1.54) is 0 Å². The number of nitrogens with zero attached hydrogens (tertiary/aromatic N) is 3. The van der Waals surface area contributed by atoms with E-state index < -0.39 is 5.91 Å². The molecule has 29 heavy (non-hydrogen) atoms. The summed E-state index contributed by atoms with van der Waals surface area (Å²) in [5.74, 6) is 1.90. The average Bonchev–Trinajstić information content (AvgIpc) is 2.77. The number of benzene rings is 2. The molecule has 0 aliphatic heterocycles.